The summed E-state index contributed by atoms with van der Waals surface area (Å²) in [6.07, 6.45) is 5.33. The van der Waals surface area contributed by atoms with Crippen LogP contribution in [0.5, 0.6) is 0 Å². The summed E-state index contributed by atoms with van der Waals surface area (Å²) >= 11 is 35.9. The van der Waals surface area contributed by atoms with Gasteiger partial charge in [0.05, 0.1) is 0 Å². The SMILES string of the molecule is Clc1[nH]c[n+](Cc2ccc3ccccc3c2)c1Cl.Clc1[nH]c[n+](Cc2ccc3ccccc3c2)c1Cl.Clc1[nH]c[n+](Cc2ccc3ccccc3c2)c1Cl.[Br-].[Br-].[Br-]. The number of hydrogen-bond donors (Lipinski definition) is 3. The highest BCUT2D eigenvalue weighted by molar-refractivity contribution is 6.40. The van der Waals surface area contributed by atoms with Crippen LogP contribution in [0.25, 0.3) is 32.3 Å². The molecule has 0 saturated carbocycles. The van der Waals surface area contributed by atoms with Crippen LogP contribution in [0.3, 0.4) is 0 Å². The number of hydrogen-bond acceptors (Lipinski definition) is 0. The van der Waals surface area contributed by atoms with E-state index in [0.29, 0.717) is 50.6 Å². The third-order valence-corrected chi connectivity index (χ3v) is 11.2. The summed E-state index contributed by atoms with van der Waals surface area (Å²) < 4.78 is 5.65. The van der Waals surface area contributed by atoms with Gasteiger partial charge < -0.3 is 50.9 Å². The van der Waals surface area contributed by atoms with Gasteiger partial charge in [0.1, 0.15) is 19.6 Å². The van der Waals surface area contributed by atoms with Gasteiger partial charge >= 0.3 is 0 Å². The molecular formula is C42H33Br3Cl6N6. The van der Waals surface area contributed by atoms with Gasteiger partial charge in [-0.25, -0.2) is 28.7 Å². The van der Waals surface area contributed by atoms with E-state index in [4.69, 9.17) is 69.6 Å². The summed E-state index contributed by atoms with van der Waals surface area (Å²) in [6, 6.07) is 44.0. The van der Waals surface area contributed by atoms with Gasteiger partial charge in [-0.1, -0.05) is 109 Å². The molecule has 3 N–H and O–H groups in total. The Bertz CT molecular complexity index is 2420. The van der Waals surface area contributed by atoms with E-state index in [2.05, 4.69) is 106 Å². The second-order valence-electron chi connectivity index (χ2n) is 12.6. The topological polar surface area (TPSA) is 59.0 Å². The maximum Gasteiger partial charge on any atom is 0.255 e. The molecule has 0 unspecified atom stereocenters. The van der Waals surface area contributed by atoms with Crippen molar-refractivity contribution in [2.24, 2.45) is 0 Å². The van der Waals surface area contributed by atoms with E-state index in [9.17, 15) is 0 Å². The first-order valence-electron chi connectivity index (χ1n) is 16.9. The number of fused-ring (bicyclic) bond motifs is 3. The number of H-pyrrole nitrogens is 3. The van der Waals surface area contributed by atoms with Crippen molar-refractivity contribution in [2.45, 2.75) is 19.6 Å². The minimum atomic E-state index is 0. The highest BCUT2D eigenvalue weighted by Crippen LogP contribution is 2.21. The highest BCUT2D eigenvalue weighted by Gasteiger charge is 2.16. The van der Waals surface area contributed by atoms with Gasteiger partial charge in [0.25, 0.3) is 30.9 Å². The van der Waals surface area contributed by atoms with Crippen LogP contribution >= 0.6 is 69.6 Å². The summed E-state index contributed by atoms with van der Waals surface area (Å²) in [5, 5.41) is 10.4. The number of rotatable bonds is 6. The van der Waals surface area contributed by atoms with Crippen LogP contribution in [0.4, 0.5) is 0 Å². The molecule has 0 fully saturated rings. The molecule has 294 valence electrons. The Morgan fingerprint density at radius 2 is 0.579 bits per heavy atom. The monoisotopic (exact) mass is 1070 g/mol. The molecule has 0 atom stereocenters. The maximum atomic E-state index is 6.08. The van der Waals surface area contributed by atoms with Crippen molar-refractivity contribution in [1.82, 2.24) is 15.0 Å². The normalized spacial score (nSPS) is 10.4. The number of imidazole rings is 3. The summed E-state index contributed by atoms with van der Waals surface area (Å²) in [5.41, 5.74) is 3.57. The third-order valence-electron chi connectivity index (χ3n) is 8.84. The van der Waals surface area contributed by atoms with Crippen molar-refractivity contribution in [3.8, 4) is 0 Å². The number of aromatic amines is 3. The van der Waals surface area contributed by atoms with E-state index in [1.54, 1.807) is 19.0 Å². The smallest absolute Gasteiger partial charge is 0.255 e. The Kier molecular flexibility index (Phi) is 17.8. The highest BCUT2D eigenvalue weighted by atomic mass is 79.9. The lowest BCUT2D eigenvalue weighted by atomic mass is 10.1. The van der Waals surface area contributed by atoms with E-state index < -0.39 is 0 Å². The van der Waals surface area contributed by atoms with Crippen molar-refractivity contribution in [3.05, 3.63) is 194 Å². The molecule has 9 rings (SSSR count). The lowest BCUT2D eigenvalue weighted by Gasteiger charge is -2.02. The number of halogens is 9. The Labute approximate surface area is 391 Å². The van der Waals surface area contributed by atoms with E-state index in [1.165, 1.54) is 49.0 Å². The standard InChI is InChI=1S/3C14H10Cl2N2.3BrH/c3*15-13-14(16)18(9-17-13)8-10-5-6-11-3-1-2-4-12(11)7-10;;;/h3*1-7,9H,8H2;3*1H. The molecule has 0 aliphatic rings. The molecule has 0 bridgehead atoms. The number of nitrogens with zero attached hydrogens (tertiary/aromatic N) is 3. The van der Waals surface area contributed by atoms with Gasteiger partial charge in [-0.15, -0.1) is 0 Å². The molecule has 3 aromatic heterocycles. The van der Waals surface area contributed by atoms with Crippen LogP contribution in [0.2, 0.25) is 30.9 Å². The molecule has 0 amide bonds. The van der Waals surface area contributed by atoms with Crippen molar-refractivity contribution in [2.75, 3.05) is 0 Å². The second kappa shape index (κ2) is 21.8. The second-order valence-corrected chi connectivity index (χ2v) is 14.8. The van der Waals surface area contributed by atoms with Crippen LogP contribution in [-0.2, 0) is 19.6 Å². The van der Waals surface area contributed by atoms with E-state index in [1.807, 2.05) is 50.1 Å². The van der Waals surface area contributed by atoms with Gasteiger partial charge in [0, 0.05) is 0 Å². The quantitative estimate of drug-likeness (QED) is 0.215. The fourth-order valence-electron chi connectivity index (χ4n) is 6.08. The van der Waals surface area contributed by atoms with Gasteiger partial charge in [-0.2, -0.15) is 0 Å². The maximum absolute atomic E-state index is 6.08. The predicted octanol–water partition coefficient (Wildman–Crippen LogP) is 2.44. The zero-order chi connectivity index (χ0) is 37.6. The largest absolute Gasteiger partial charge is 1.00 e. The number of aromatic nitrogens is 6. The zero-order valence-corrected chi connectivity index (χ0v) is 39.0. The van der Waals surface area contributed by atoms with Crippen molar-refractivity contribution in [1.29, 1.82) is 0 Å². The fraction of sp³-hybridized carbons (Fsp3) is 0.0714. The molecule has 9 aromatic rings. The molecule has 57 heavy (non-hydrogen) atoms. The Morgan fingerprint density at radius 3 is 0.807 bits per heavy atom. The Hall–Kier alpha value is -3.09. The van der Waals surface area contributed by atoms with E-state index in [-0.39, 0.29) is 50.9 Å². The lowest BCUT2D eigenvalue weighted by Crippen LogP contribution is -3.00. The van der Waals surface area contributed by atoms with E-state index >= 15 is 0 Å². The van der Waals surface area contributed by atoms with Crippen molar-refractivity contribution in [3.63, 3.8) is 0 Å². The Balaban J connectivity index is 0.000000185. The molecule has 0 aliphatic heterocycles. The van der Waals surface area contributed by atoms with Crippen LogP contribution < -0.4 is 64.6 Å². The molecule has 0 radical (unpaired) electrons. The molecule has 0 spiro atoms. The van der Waals surface area contributed by atoms with Crippen LogP contribution in [0.15, 0.2) is 146 Å². The average molecular weight is 1070 g/mol. The minimum absolute atomic E-state index is 0. The lowest BCUT2D eigenvalue weighted by molar-refractivity contribution is -0.684. The fourth-order valence-corrected chi connectivity index (χ4v) is 7.04. The summed E-state index contributed by atoms with van der Waals surface area (Å²) in [7, 11) is 0. The van der Waals surface area contributed by atoms with Gasteiger partial charge in [-0.3, -0.25) is 0 Å². The zero-order valence-electron chi connectivity index (χ0n) is 29.7. The first-order valence-corrected chi connectivity index (χ1v) is 19.2. The molecule has 0 saturated heterocycles. The molecule has 3 heterocycles. The summed E-state index contributed by atoms with van der Waals surface area (Å²) in [6.45, 7) is 2.10. The number of benzene rings is 6. The van der Waals surface area contributed by atoms with Crippen molar-refractivity contribution < 1.29 is 64.6 Å². The molecule has 6 nitrogen and oxygen atoms in total. The first-order chi connectivity index (χ1) is 26.2. The van der Waals surface area contributed by atoms with Crippen LogP contribution in [-0.4, -0.2) is 15.0 Å². The van der Waals surface area contributed by atoms with Crippen LogP contribution in [0.1, 0.15) is 16.7 Å². The third kappa shape index (κ3) is 11.8. The van der Waals surface area contributed by atoms with Gasteiger partial charge in [0.2, 0.25) is 19.0 Å². The first kappa shape index (κ1) is 46.6. The van der Waals surface area contributed by atoms with Crippen LogP contribution in [0, 0.1) is 0 Å². The number of nitrogens with one attached hydrogen (secondary N) is 3. The predicted molar refractivity (Wildman–Crippen MR) is 222 cm³/mol. The summed E-state index contributed by atoms with van der Waals surface area (Å²) in [5.74, 6) is 0. The summed E-state index contributed by atoms with van der Waals surface area (Å²) in [4.78, 5) is 8.67. The molecule has 6 aromatic carbocycles. The Morgan fingerprint density at radius 1 is 0.333 bits per heavy atom. The molecule has 0 aliphatic carbocycles. The average Bonchev–Trinajstić information content (AvgIpc) is 3.81. The van der Waals surface area contributed by atoms with Gasteiger partial charge in [0.15, 0.2) is 0 Å². The minimum Gasteiger partial charge on any atom is -1.00 e. The van der Waals surface area contributed by atoms with E-state index in [0.717, 1.165) is 0 Å². The van der Waals surface area contributed by atoms with Crippen molar-refractivity contribution >= 4 is 102 Å². The molecule has 15 heteroatoms. The van der Waals surface area contributed by atoms with Gasteiger partial charge in [-0.05, 0) is 137 Å². The molecular weight excluding hydrogens is 1040 g/mol.